The van der Waals surface area contributed by atoms with Gasteiger partial charge < -0.3 is 10.6 Å². The van der Waals surface area contributed by atoms with Crippen LogP contribution in [0.5, 0.6) is 0 Å². The van der Waals surface area contributed by atoms with Crippen molar-refractivity contribution in [1.29, 1.82) is 5.26 Å². The summed E-state index contributed by atoms with van der Waals surface area (Å²) >= 11 is 7.57. The number of carbonyl (C=O) groups is 1. The molecule has 0 unspecified atom stereocenters. The summed E-state index contributed by atoms with van der Waals surface area (Å²) in [7, 11) is 0. The second-order valence-corrected chi connectivity index (χ2v) is 8.42. The van der Waals surface area contributed by atoms with Crippen molar-refractivity contribution in [1.82, 2.24) is 5.32 Å². The maximum absolute atomic E-state index is 12.4. The third kappa shape index (κ3) is 4.27. The number of amides is 1. The van der Waals surface area contributed by atoms with E-state index in [-0.39, 0.29) is 18.5 Å². The average Bonchev–Trinajstić information content (AvgIpc) is 2.95. The number of hydrogen-bond acceptors (Lipinski definition) is 4. The van der Waals surface area contributed by atoms with Gasteiger partial charge in [0.15, 0.2) is 0 Å². The summed E-state index contributed by atoms with van der Waals surface area (Å²) in [6.07, 6.45) is 3.02. The van der Waals surface area contributed by atoms with Crippen molar-refractivity contribution < 1.29 is 4.79 Å². The zero-order valence-corrected chi connectivity index (χ0v) is 16.5. The van der Waals surface area contributed by atoms with Gasteiger partial charge in [-0.3, -0.25) is 4.79 Å². The molecule has 0 fully saturated rings. The molecule has 1 aliphatic rings. The number of nitrogens with one attached hydrogen (secondary N) is 2. The zero-order chi connectivity index (χ0) is 18.7. The molecule has 1 aromatic heterocycles. The maximum atomic E-state index is 12.4. The lowest BCUT2D eigenvalue weighted by Crippen LogP contribution is -2.30. The van der Waals surface area contributed by atoms with Crippen LogP contribution in [-0.4, -0.2) is 12.5 Å². The zero-order valence-electron chi connectivity index (χ0n) is 14.9. The molecule has 0 saturated carbocycles. The number of benzene rings is 1. The van der Waals surface area contributed by atoms with Gasteiger partial charge >= 0.3 is 0 Å². The fraction of sp³-hybridized carbons (Fsp3) is 0.400. The molecule has 1 amide bonds. The summed E-state index contributed by atoms with van der Waals surface area (Å²) in [6.45, 7) is 4.40. The Labute approximate surface area is 163 Å². The molecule has 2 N–H and O–H groups in total. The normalized spacial score (nSPS) is 17.2. The summed E-state index contributed by atoms with van der Waals surface area (Å²) < 4.78 is 0. The second-order valence-electron chi connectivity index (χ2n) is 6.87. The van der Waals surface area contributed by atoms with E-state index in [4.69, 9.17) is 11.6 Å². The third-order valence-electron chi connectivity index (χ3n) is 4.79. The molecule has 4 nitrogen and oxygen atoms in total. The number of carbonyl (C=O) groups excluding carboxylic acids is 1. The van der Waals surface area contributed by atoms with Crippen LogP contribution in [0, 0.1) is 17.2 Å². The quantitative estimate of drug-likeness (QED) is 0.782. The molecule has 3 rings (SSSR count). The van der Waals surface area contributed by atoms with Crippen molar-refractivity contribution in [3.63, 3.8) is 0 Å². The lowest BCUT2D eigenvalue weighted by Gasteiger charge is -2.17. The van der Waals surface area contributed by atoms with E-state index < -0.39 is 0 Å². The van der Waals surface area contributed by atoms with Crippen molar-refractivity contribution >= 4 is 33.8 Å². The molecular weight excluding hydrogens is 366 g/mol. The van der Waals surface area contributed by atoms with E-state index in [0.29, 0.717) is 21.5 Å². The molecule has 1 aliphatic carbocycles. The SMILES string of the molecule is C[C@H]1CCc2c(sc(NC(=O)CN[C@@H](C)c3cccc(Cl)c3)c2C#N)C1. The van der Waals surface area contributed by atoms with Crippen LogP contribution in [0.15, 0.2) is 24.3 Å². The van der Waals surface area contributed by atoms with Crippen LogP contribution in [0.4, 0.5) is 5.00 Å². The Bertz CT molecular complexity index is 855. The number of anilines is 1. The Morgan fingerprint density at radius 2 is 2.31 bits per heavy atom. The van der Waals surface area contributed by atoms with Gasteiger partial charge in [-0.05, 0) is 55.4 Å². The van der Waals surface area contributed by atoms with Gasteiger partial charge in [-0.2, -0.15) is 5.26 Å². The Morgan fingerprint density at radius 3 is 3.04 bits per heavy atom. The van der Waals surface area contributed by atoms with Gasteiger partial charge in [-0.15, -0.1) is 11.3 Å². The van der Waals surface area contributed by atoms with E-state index in [1.54, 1.807) is 11.3 Å². The highest BCUT2D eigenvalue weighted by Gasteiger charge is 2.24. The lowest BCUT2D eigenvalue weighted by atomic mass is 9.89. The molecule has 1 heterocycles. The van der Waals surface area contributed by atoms with E-state index >= 15 is 0 Å². The van der Waals surface area contributed by atoms with E-state index in [9.17, 15) is 10.1 Å². The minimum atomic E-state index is -0.137. The Morgan fingerprint density at radius 1 is 1.50 bits per heavy atom. The summed E-state index contributed by atoms with van der Waals surface area (Å²) in [5.74, 6) is 0.499. The summed E-state index contributed by atoms with van der Waals surface area (Å²) in [5, 5.41) is 17.0. The van der Waals surface area contributed by atoms with Crippen LogP contribution in [0.2, 0.25) is 5.02 Å². The van der Waals surface area contributed by atoms with Gasteiger partial charge in [0.25, 0.3) is 0 Å². The summed E-state index contributed by atoms with van der Waals surface area (Å²) in [4.78, 5) is 13.6. The van der Waals surface area contributed by atoms with Crippen LogP contribution < -0.4 is 10.6 Å². The number of thiophene rings is 1. The maximum Gasteiger partial charge on any atom is 0.238 e. The van der Waals surface area contributed by atoms with Crippen LogP contribution in [0.1, 0.15) is 47.9 Å². The molecule has 26 heavy (non-hydrogen) atoms. The van der Waals surface area contributed by atoms with Crippen molar-refractivity contribution in [2.45, 2.75) is 39.2 Å². The van der Waals surface area contributed by atoms with Gasteiger partial charge in [0.2, 0.25) is 5.91 Å². The minimum Gasteiger partial charge on any atom is -0.315 e. The molecule has 0 saturated heterocycles. The Hall–Kier alpha value is -1.87. The van der Waals surface area contributed by atoms with E-state index in [1.807, 2.05) is 31.2 Å². The number of fused-ring (bicyclic) bond motifs is 1. The first-order valence-electron chi connectivity index (χ1n) is 8.81. The molecule has 0 radical (unpaired) electrons. The monoisotopic (exact) mass is 387 g/mol. The molecule has 2 atom stereocenters. The molecule has 2 aromatic rings. The first-order valence-corrected chi connectivity index (χ1v) is 10.0. The predicted octanol–water partition coefficient (Wildman–Crippen LogP) is 4.69. The topological polar surface area (TPSA) is 64.9 Å². The van der Waals surface area contributed by atoms with Crippen molar-refractivity contribution in [3.8, 4) is 6.07 Å². The summed E-state index contributed by atoms with van der Waals surface area (Å²) in [5.41, 5.74) is 2.81. The van der Waals surface area contributed by atoms with E-state index in [1.165, 1.54) is 4.88 Å². The fourth-order valence-corrected chi connectivity index (χ4v) is 4.84. The smallest absolute Gasteiger partial charge is 0.238 e. The Balaban J connectivity index is 1.63. The number of rotatable bonds is 5. The van der Waals surface area contributed by atoms with E-state index in [2.05, 4.69) is 23.6 Å². The fourth-order valence-electron chi connectivity index (χ4n) is 3.27. The van der Waals surface area contributed by atoms with Crippen molar-refractivity contribution in [3.05, 3.63) is 50.9 Å². The first kappa shape index (κ1) is 18.9. The molecule has 6 heteroatoms. The average molecular weight is 388 g/mol. The van der Waals surface area contributed by atoms with Crippen molar-refractivity contribution in [2.75, 3.05) is 11.9 Å². The predicted molar refractivity (Wildman–Crippen MR) is 107 cm³/mol. The molecule has 0 aliphatic heterocycles. The molecule has 1 aromatic carbocycles. The molecule has 0 spiro atoms. The molecule has 0 bridgehead atoms. The van der Waals surface area contributed by atoms with Crippen molar-refractivity contribution in [2.24, 2.45) is 5.92 Å². The molecular formula is C20H22ClN3OS. The number of nitriles is 1. The van der Waals surface area contributed by atoms with Crippen LogP contribution in [-0.2, 0) is 17.6 Å². The third-order valence-corrected chi connectivity index (χ3v) is 6.20. The van der Waals surface area contributed by atoms with Crippen LogP contribution in [0.25, 0.3) is 0 Å². The number of halogens is 1. The Kier molecular flexibility index (Phi) is 5.98. The van der Waals surface area contributed by atoms with E-state index in [0.717, 1.165) is 30.4 Å². The number of nitrogens with zero attached hydrogens (tertiary/aromatic N) is 1. The standard InChI is InChI=1S/C20H22ClN3OS/c1-12-6-7-16-17(10-22)20(26-18(16)8-12)24-19(25)11-23-13(2)14-4-3-5-15(21)9-14/h3-5,9,12-13,23H,6-8,11H2,1-2H3,(H,24,25)/t12-,13-/m0/s1. The molecule has 136 valence electrons. The first-order chi connectivity index (χ1) is 12.5. The largest absolute Gasteiger partial charge is 0.315 e. The second kappa shape index (κ2) is 8.22. The van der Waals surface area contributed by atoms with Crippen LogP contribution in [0.3, 0.4) is 0 Å². The lowest BCUT2D eigenvalue weighted by molar-refractivity contribution is -0.115. The van der Waals surface area contributed by atoms with Gasteiger partial charge in [0.05, 0.1) is 12.1 Å². The van der Waals surface area contributed by atoms with Gasteiger partial charge in [-0.1, -0.05) is 30.7 Å². The highest BCUT2D eigenvalue weighted by atomic mass is 35.5. The summed E-state index contributed by atoms with van der Waals surface area (Å²) in [6, 6.07) is 9.87. The van der Waals surface area contributed by atoms with Gasteiger partial charge in [0, 0.05) is 15.9 Å². The highest BCUT2D eigenvalue weighted by Crippen LogP contribution is 2.39. The van der Waals surface area contributed by atoms with Crippen LogP contribution >= 0.6 is 22.9 Å². The minimum absolute atomic E-state index is 0.00674. The number of hydrogen-bond donors (Lipinski definition) is 2. The van der Waals surface area contributed by atoms with Gasteiger partial charge in [0.1, 0.15) is 11.1 Å². The van der Waals surface area contributed by atoms with Gasteiger partial charge in [-0.25, -0.2) is 0 Å². The highest BCUT2D eigenvalue weighted by molar-refractivity contribution is 7.16.